The van der Waals surface area contributed by atoms with Crippen LogP contribution in [0.1, 0.15) is 31.9 Å². The van der Waals surface area contributed by atoms with Crippen molar-refractivity contribution in [2.45, 2.75) is 33.4 Å². The predicted molar refractivity (Wildman–Crippen MR) is 165 cm³/mol. The van der Waals surface area contributed by atoms with Gasteiger partial charge >= 0.3 is 5.56 Å². The Hall–Kier alpha value is -3.52. The number of anilines is 1. The van der Waals surface area contributed by atoms with Gasteiger partial charge in [0.15, 0.2) is 0 Å². The Balaban J connectivity index is 1.55. The van der Waals surface area contributed by atoms with Gasteiger partial charge in [-0.25, -0.2) is 8.42 Å². The summed E-state index contributed by atoms with van der Waals surface area (Å²) in [7, 11) is -3.70. The fourth-order valence-corrected chi connectivity index (χ4v) is 6.48. The minimum absolute atomic E-state index is 0.0556. The van der Waals surface area contributed by atoms with Crippen LogP contribution in [0, 0.1) is 22.5 Å². The van der Waals surface area contributed by atoms with Crippen LogP contribution in [0.25, 0.3) is 5.69 Å². The third-order valence-corrected chi connectivity index (χ3v) is 9.14. The van der Waals surface area contributed by atoms with E-state index in [0.29, 0.717) is 53.8 Å². The molecule has 0 radical (unpaired) electrons. The van der Waals surface area contributed by atoms with Crippen LogP contribution >= 0.6 is 11.6 Å². The number of sulfonamides is 1. The summed E-state index contributed by atoms with van der Waals surface area (Å²) < 4.78 is 40.9. The number of rotatable bonds is 12. The molecule has 1 aromatic heterocycles. The summed E-state index contributed by atoms with van der Waals surface area (Å²) in [6.07, 6.45) is 1.55. The van der Waals surface area contributed by atoms with Crippen LogP contribution in [0.15, 0.2) is 53.5 Å². The van der Waals surface area contributed by atoms with Crippen LogP contribution < -0.4 is 15.2 Å². The van der Waals surface area contributed by atoms with Crippen LogP contribution in [0.4, 0.5) is 11.4 Å². The number of nitro benzene ring substituents is 1. The Morgan fingerprint density at radius 3 is 2.44 bits per heavy atom. The lowest BCUT2D eigenvalue weighted by Crippen LogP contribution is -2.49. The zero-order chi connectivity index (χ0) is 31.4. The van der Waals surface area contributed by atoms with E-state index in [4.69, 9.17) is 21.1 Å². The largest absolute Gasteiger partial charge is 0.486 e. The molecule has 232 valence electrons. The summed E-state index contributed by atoms with van der Waals surface area (Å²) in [5, 5.41) is 16.0. The molecule has 0 spiro atoms. The number of hydrogen-bond donors (Lipinski definition) is 0. The monoisotopic (exact) mass is 633 g/mol. The van der Waals surface area contributed by atoms with Gasteiger partial charge in [0, 0.05) is 54.9 Å². The van der Waals surface area contributed by atoms with Gasteiger partial charge in [0.05, 0.1) is 35.8 Å². The van der Waals surface area contributed by atoms with Crippen LogP contribution in [0.3, 0.4) is 0 Å². The smallest absolute Gasteiger partial charge is 0.316 e. The molecule has 0 amide bonds. The van der Waals surface area contributed by atoms with Gasteiger partial charge in [-0.3, -0.25) is 14.9 Å². The Morgan fingerprint density at radius 2 is 1.81 bits per heavy atom. The van der Waals surface area contributed by atoms with Crippen molar-refractivity contribution in [3.63, 3.8) is 0 Å². The first-order valence-electron chi connectivity index (χ1n) is 13.9. The molecule has 43 heavy (non-hydrogen) atoms. The van der Waals surface area contributed by atoms with Gasteiger partial charge in [0.2, 0.25) is 15.8 Å². The van der Waals surface area contributed by atoms with Gasteiger partial charge in [-0.05, 0) is 43.7 Å². The molecule has 4 rings (SSSR count). The maximum atomic E-state index is 13.7. The van der Waals surface area contributed by atoms with Crippen molar-refractivity contribution in [3.8, 4) is 11.4 Å². The van der Waals surface area contributed by atoms with Crippen molar-refractivity contribution < 1.29 is 22.8 Å². The second-order valence-corrected chi connectivity index (χ2v) is 13.6. The number of aromatic nitrogens is 2. The van der Waals surface area contributed by atoms with Gasteiger partial charge in [-0.15, -0.1) is 0 Å². The molecule has 1 aliphatic heterocycles. The Bertz CT molecular complexity index is 1640. The maximum absolute atomic E-state index is 13.7. The predicted octanol–water partition coefficient (Wildman–Crippen LogP) is 4.20. The standard InChI is InChI=1S/C29H36ClN5O7S/c1-5-41-19-29(3,4)20-42-27-26(17-31-34(28(27)36)24-8-6-7-23(30)16-24)32-11-13-33(14-12-32)43(39,40)18-22-9-10-25(35(37)38)21(2)15-22/h6-10,15-17H,5,11-14,18-20H2,1-4H3. The van der Waals surface area contributed by atoms with Crippen molar-refractivity contribution in [1.29, 1.82) is 0 Å². The molecule has 0 atom stereocenters. The highest BCUT2D eigenvalue weighted by atomic mass is 35.5. The summed E-state index contributed by atoms with van der Waals surface area (Å²) in [5.74, 6) is -0.163. The van der Waals surface area contributed by atoms with Gasteiger partial charge < -0.3 is 14.4 Å². The number of benzene rings is 2. The van der Waals surface area contributed by atoms with E-state index in [1.165, 1.54) is 27.2 Å². The number of hydrogen-bond acceptors (Lipinski definition) is 9. The van der Waals surface area contributed by atoms with E-state index < -0.39 is 20.5 Å². The van der Waals surface area contributed by atoms with Crippen LogP contribution in [0.5, 0.6) is 5.75 Å². The van der Waals surface area contributed by atoms with Crippen molar-refractivity contribution in [1.82, 2.24) is 14.1 Å². The molecule has 1 fully saturated rings. The Labute approximate surface area is 256 Å². The first kappa shape index (κ1) is 32.4. The van der Waals surface area contributed by atoms with E-state index in [2.05, 4.69) is 5.10 Å². The quantitative estimate of drug-likeness (QED) is 0.212. The van der Waals surface area contributed by atoms with Crippen molar-refractivity contribution in [2.24, 2.45) is 5.41 Å². The summed E-state index contributed by atoms with van der Waals surface area (Å²) in [6.45, 7) is 9.63. The minimum atomic E-state index is -3.70. The Kier molecular flexibility index (Phi) is 10.1. The molecule has 2 aromatic carbocycles. The number of ether oxygens (including phenoxy) is 2. The fraction of sp³-hybridized carbons (Fsp3) is 0.448. The van der Waals surface area contributed by atoms with Crippen molar-refractivity contribution >= 4 is 33.0 Å². The third kappa shape index (κ3) is 7.91. The number of nitrogens with zero attached hydrogens (tertiary/aromatic N) is 5. The van der Waals surface area contributed by atoms with Gasteiger partial charge in [0.25, 0.3) is 5.69 Å². The number of halogens is 1. The molecular formula is C29H36ClN5O7S. The molecule has 12 nitrogen and oxygen atoms in total. The SMILES string of the molecule is CCOCC(C)(C)COc1c(N2CCN(S(=O)(=O)Cc3ccc([N+](=O)[O-])c(C)c3)CC2)cnn(-c2cccc(Cl)c2)c1=O. The molecule has 0 saturated carbocycles. The topological polar surface area (TPSA) is 137 Å². The average molecular weight is 634 g/mol. The highest BCUT2D eigenvalue weighted by Crippen LogP contribution is 2.29. The first-order chi connectivity index (χ1) is 20.3. The lowest BCUT2D eigenvalue weighted by Gasteiger charge is -2.36. The van der Waals surface area contributed by atoms with E-state index in [-0.39, 0.29) is 42.3 Å². The summed E-state index contributed by atoms with van der Waals surface area (Å²) >= 11 is 6.16. The number of aryl methyl sites for hydroxylation is 1. The summed E-state index contributed by atoms with van der Waals surface area (Å²) in [4.78, 5) is 26.2. The van der Waals surface area contributed by atoms with Crippen LogP contribution in [0.2, 0.25) is 5.02 Å². The van der Waals surface area contributed by atoms with Crippen molar-refractivity contribution in [3.05, 3.63) is 85.3 Å². The van der Waals surface area contributed by atoms with Gasteiger partial charge in [-0.1, -0.05) is 37.6 Å². The molecular weight excluding hydrogens is 598 g/mol. The molecule has 0 bridgehead atoms. The average Bonchev–Trinajstić information content (AvgIpc) is 2.95. The zero-order valence-corrected chi connectivity index (χ0v) is 26.2. The van der Waals surface area contributed by atoms with Crippen LogP contribution in [-0.4, -0.2) is 73.4 Å². The summed E-state index contributed by atoms with van der Waals surface area (Å²) in [6, 6.07) is 11.1. The van der Waals surface area contributed by atoms with Crippen molar-refractivity contribution in [2.75, 3.05) is 50.9 Å². The zero-order valence-electron chi connectivity index (χ0n) is 24.7. The van der Waals surface area contributed by atoms with Gasteiger partial charge in [-0.2, -0.15) is 14.1 Å². The maximum Gasteiger partial charge on any atom is 0.316 e. The molecule has 1 aliphatic rings. The second-order valence-electron chi connectivity index (χ2n) is 11.2. The van der Waals surface area contributed by atoms with E-state index >= 15 is 0 Å². The second kappa shape index (κ2) is 13.4. The first-order valence-corrected chi connectivity index (χ1v) is 15.9. The number of nitro groups is 1. The number of piperazine rings is 1. The molecule has 0 aliphatic carbocycles. The van der Waals surface area contributed by atoms with Crippen LogP contribution in [-0.2, 0) is 20.5 Å². The summed E-state index contributed by atoms with van der Waals surface area (Å²) in [5.41, 5.74) is 0.936. The molecule has 14 heteroatoms. The van der Waals surface area contributed by atoms with E-state index in [0.717, 1.165) is 0 Å². The van der Waals surface area contributed by atoms with E-state index in [1.54, 1.807) is 37.4 Å². The lowest BCUT2D eigenvalue weighted by atomic mass is 9.96. The highest BCUT2D eigenvalue weighted by Gasteiger charge is 2.31. The minimum Gasteiger partial charge on any atom is -0.486 e. The molecule has 1 saturated heterocycles. The lowest BCUT2D eigenvalue weighted by molar-refractivity contribution is -0.385. The molecule has 0 unspecified atom stereocenters. The third-order valence-electron chi connectivity index (χ3n) is 7.05. The molecule has 0 N–H and O–H groups in total. The highest BCUT2D eigenvalue weighted by molar-refractivity contribution is 7.88. The fourth-order valence-electron chi connectivity index (χ4n) is 4.79. The Morgan fingerprint density at radius 1 is 1.09 bits per heavy atom. The normalized spacial score (nSPS) is 14.6. The molecule has 3 aromatic rings. The van der Waals surface area contributed by atoms with E-state index in [1.807, 2.05) is 25.7 Å². The van der Waals surface area contributed by atoms with Gasteiger partial charge in [0.1, 0.15) is 5.69 Å². The van der Waals surface area contributed by atoms with E-state index in [9.17, 15) is 23.3 Å². The molecule has 2 heterocycles.